The number of nitrogens with zero attached hydrogens (tertiary/aromatic N) is 4. The molecule has 0 unspecified atom stereocenters. The van der Waals surface area contributed by atoms with E-state index in [1.165, 1.54) is 12.1 Å². The Kier molecular flexibility index (Phi) is 5.37. The minimum atomic E-state index is -0.225. The average molecular weight is 391 g/mol. The van der Waals surface area contributed by atoms with Crippen molar-refractivity contribution in [2.24, 2.45) is 0 Å². The number of halogens is 1. The molecule has 0 atom stereocenters. The Balaban J connectivity index is 1.36. The minimum Gasteiger partial charge on any atom is -0.368 e. The SMILES string of the molecule is Cc1ccccc1C(=O)Nc1ccc(N2CCN(c3ccc(F)cc3)CC2)nn1. The van der Waals surface area contributed by atoms with Crippen LogP contribution in [0.1, 0.15) is 15.9 Å². The number of amides is 1. The highest BCUT2D eigenvalue weighted by atomic mass is 19.1. The van der Waals surface area contributed by atoms with E-state index in [4.69, 9.17) is 0 Å². The standard InChI is InChI=1S/C22H22FN5O/c1-16-4-2-3-5-19(16)22(29)24-20-10-11-21(26-25-20)28-14-12-27(13-15-28)18-8-6-17(23)7-9-18/h2-11H,12-15H2,1H3,(H,24,25,29). The fourth-order valence-corrected chi connectivity index (χ4v) is 3.42. The summed E-state index contributed by atoms with van der Waals surface area (Å²) in [6, 6.07) is 17.6. The van der Waals surface area contributed by atoms with E-state index in [1.54, 1.807) is 24.3 Å². The molecule has 4 rings (SSSR count). The lowest BCUT2D eigenvalue weighted by atomic mass is 10.1. The van der Waals surface area contributed by atoms with E-state index in [9.17, 15) is 9.18 Å². The summed E-state index contributed by atoms with van der Waals surface area (Å²) in [5, 5.41) is 11.2. The Morgan fingerprint density at radius 2 is 1.59 bits per heavy atom. The van der Waals surface area contributed by atoms with Crippen LogP contribution >= 0.6 is 0 Å². The predicted molar refractivity (Wildman–Crippen MR) is 112 cm³/mol. The Bertz CT molecular complexity index is 983. The van der Waals surface area contributed by atoms with Crippen LogP contribution in [-0.2, 0) is 0 Å². The van der Waals surface area contributed by atoms with Gasteiger partial charge in [-0.3, -0.25) is 4.79 Å². The molecule has 1 saturated heterocycles. The van der Waals surface area contributed by atoms with E-state index in [1.807, 2.05) is 31.2 Å². The lowest BCUT2D eigenvalue weighted by molar-refractivity contribution is 0.102. The van der Waals surface area contributed by atoms with Crippen molar-refractivity contribution in [2.45, 2.75) is 6.92 Å². The zero-order valence-corrected chi connectivity index (χ0v) is 16.2. The first-order valence-corrected chi connectivity index (χ1v) is 9.56. The van der Waals surface area contributed by atoms with E-state index in [-0.39, 0.29) is 11.7 Å². The number of hydrogen-bond donors (Lipinski definition) is 1. The summed E-state index contributed by atoms with van der Waals surface area (Å²) >= 11 is 0. The molecule has 1 aromatic heterocycles. The molecule has 2 aromatic carbocycles. The molecule has 3 aromatic rings. The van der Waals surface area contributed by atoms with Crippen LogP contribution < -0.4 is 15.1 Å². The van der Waals surface area contributed by atoms with Crippen LogP contribution in [0.4, 0.5) is 21.7 Å². The number of carbonyl (C=O) groups is 1. The lowest BCUT2D eigenvalue weighted by Gasteiger charge is -2.36. The van der Waals surface area contributed by atoms with Crippen molar-refractivity contribution in [1.82, 2.24) is 10.2 Å². The molecule has 6 nitrogen and oxygen atoms in total. The monoisotopic (exact) mass is 391 g/mol. The number of aryl methyl sites for hydroxylation is 1. The number of piperazine rings is 1. The van der Waals surface area contributed by atoms with Gasteiger partial charge in [-0.2, -0.15) is 0 Å². The second-order valence-electron chi connectivity index (χ2n) is 7.00. The second kappa shape index (κ2) is 8.26. The summed E-state index contributed by atoms with van der Waals surface area (Å²) in [5.41, 5.74) is 2.55. The Morgan fingerprint density at radius 3 is 2.24 bits per heavy atom. The maximum absolute atomic E-state index is 13.1. The predicted octanol–water partition coefficient (Wildman–Crippen LogP) is 3.50. The molecule has 1 fully saturated rings. The maximum atomic E-state index is 13.1. The van der Waals surface area contributed by atoms with Gasteiger partial charge in [0, 0.05) is 37.4 Å². The van der Waals surface area contributed by atoms with Crippen LogP contribution in [0, 0.1) is 12.7 Å². The first-order chi connectivity index (χ1) is 14.1. The maximum Gasteiger partial charge on any atom is 0.257 e. The molecule has 0 spiro atoms. The summed E-state index contributed by atoms with van der Waals surface area (Å²) in [6.45, 7) is 5.12. The van der Waals surface area contributed by atoms with Crippen molar-refractivity contribution in [3.8, 4) is 0 Å². The third kappa shape index (κ3) is 4.34. The molecular formula is C22H22FN5O. The fourth-order valence-electron chi connectivity index (χ4n) is 3.42. The molecule has 0 radical (unpaired) electrons. The van der Waals surface area contributed by atoms with E-state index in [2.05, 4.69) is 25.3 Å². The van der Waals surface area contributed by atoms with Gasteiger partial charge in [-0.05, 0) is 55.0 Å². The minimum absolute atomic E-state index is 0.196. The van der Waals surface area contributed by atoms with Gasteiger partial charge in [-0.25, -0.2) is 4.39 Å². The Labute approximate surface area is 169 Å². The summed E-state index contributed by atoms with van der Waals surface area (Å²) in [7, 11) is 0. The smallest absolute Gasteiger partial charge is 0.257 e. The van der Waals surface area contributed by atoms with Crippen molar-refractivity contribution in [1.29, 1.82) is 0 Å². The van der Waals surface area contributed by atoms with Crippen molar-refractivity contribution in [3.63, 3.8) is 0 Å². The highest BCUT2D eigenvalue weighted by molar-refractivity contribution is 6.04. The van der Waals surface area contributed by atoms with Crippen LogP contribution in [0.25, 0.3) is 0 Å². The molecule has 148 valence electrons. The zero-order valence-electron chi connectivity index (χ0n) is 16.2. The van der Waals surface area contributed by atoms with Crippen LogP contribution in [0.3, 0.4) is 0 Å². The van der Waals surface area contributed by atoms with Crippen LogP contribution in [-0.4, -0.2) is 42.3 Å². The van der Waals surface area contributed by atoms with Crippen LogP contribution in [0.5, 0.6) is 0 Å². The molecule has 0 bridgehead atoms. The number of carbonyl (C=O) groups excluding carboxylic acids is 1. The summed E-state index contributed by atoms with van der Waals surface area (Å²) in [4.78, 5) is 16.8. The van der Waals surface area contributed by atoms with E-state index in [0.29, 0.717) is 11.4 Å². The number of aromatic nitrogens is 2. The Morgan fingerprint density at radius 1 is 0.897 bits per heavy atom. The molecular weight excluding hydrogens is 369 g/mol. The molecule has 1 N–H and O–H groups in total. The highest BCUT2D eigenvalue weighted by Gasteiger charge is 2.19. The number of benzene rings is 2. The van der Waals surface area contributed by atoms with Gasteiger partial charge in [0.05, 0.1) is 0 Å². The van der Waals surface area contributed by atoms with Gasteiger partial charge in [-0.1, -0.05) is 18.2 Å². The highest BCUT2D eigenvalue weighted by Crippen LogP contribution is 2.20. The van der Waals surface area contributed by atoms with E-state index in [0.717, 1.165) is 43.2 Å². The van der Waals surface area contributed by atoms with Crippen LogP contribution in [0.15, 0.2) is 60.7 Å². The topological polar surface area (TPSA) is 61.4 Å². The number of nitrogens with one attached hydrogen (secondary N) is 1. The summed E-state index contributed by atoms with van der Waals surface area (Å²) in [6.07, 6.45) is 0. The lowest BCUT2D eigenvalue weighted by Crippen LogP contribution is -2.46. The third-order valence-electron chi connectivity index (χ3n) is 5.08. The van der Waals surface area contributed by atoms with Crippen LogP contribution in [0.2, 0.25) is 0 Å². The molecule has 1 aliphatic heterocycles. The third-order valence-corrected chi connectivity index (χ3v) is 5.08. The number of anilines is 3. The van der Waals surface area contributed by atoms with Gasteiger partial charge >= 0.3 is 0 Å². The van der Waals surface area contributed by atoms with Gasteiger partial charge in [0.25, 0.3) is 5.91 Å². The first-order valence-electron chi connectivity index (χ1n) is 9.56. The molecule has 1 amide bonds. The van der Waals surface area contributed by atoms with Crippen molar-refractivity contribution in [2.75, 3.05) is 41.3 Å². The molecule has 0 saturated carbocycles. The van der Waals surface area contributed by atoms with Gasteiger partial charge in [-0.15, -0.1) is 10.2 Å². The second-order valence-corrected chi connectivity index (χ2v) is 7.00. The van der Waals surface area contributed by atoms with Crippen molar-refractivity contribution in [3.05, 3.63) is 77.6 Å². The van der Waals surface area contributed by atoms with E-state index >= 15 is 0 Å². The largest absolute Gasteiger partial charge is 0.368 e. The first kappa shape index (κ1) is 18.9. The van der Waals surface area contributed by atoms with Gasteiger partial charge < -0.3 is 15.1 Å². The molecule has 1 aliphatic rings. The van der Waals surface area contributed by atoms with E-state index < -0.39 is 0 Å². The van der Waals surface area contributed by atoms with Gasteiger partial charge in [0.2, 0.25) is 0 Å². The average Bonchev–Trinajstić information content (AvgIpc) is 2.75. The van der Waals surface area contributed by atoms with Gasteiger partial charge in [0.1, 0.15) is 5.82 Å². The molecule has 7 heteroatoms. The Hall–Kier alpha value is -3.48. The number of hydrogen-bond acceptors (Lipinski definition) is 5. The summed E-state index contributed by atoms with van der Waals surface area (Å²) < 4.78 is 13.1. The normalized spacial score (nSPS) is 14.0. The summed E-state index contributed by atoms with van der Waals surface area (Å²) in [5.74, 6) is 0.778. The van der Waals surface area contributed by atoms with Gasteiger partial charge in [0.15, 0.2) is 11.6 Å². The molecule has 29 heavy (non-hydrogen) atoms. The number of rotatable bonds is 4. The quantitative estimate of drug-likeness (QED) is 0.738. The van der Waals surface area contributed by atoms with Crippen molar-refractivity contribution < 1.29 is 9.18 Å². The zero-order chi connectivity index (χ0) is 20.2. The van der Waals surface area contributed by atoms with Crippen molar-refractivity contribution >= 4 is 23.2 Å². The fraction of sp³-hybridized carbons (Fsp3) is 0.227. The molecule has 0 aliphatic carbocycles. The molecule has 2 heterocycles.